The van der Waals surface area contributed by atoms with Gasteiger partial charge in [-0.15, -0.1) is 0 Å². The number of carbonyl (C=O) groups excluding carboxylic acids is 1. The monoisotopic (exact) mass is 243 g/mol. The van der Waals surface area contributed by atoms with Crippen molar-refractivity contribution in [2.75, 3.05) is 11.9 Å². The Morgan fingerprint density at radius 2 is 2.23 bits per heavy atom. The minimum absolute atomic E-state index is 0.0687. The van der Waals surface area contributed by atoms with Gasteiger partial charge in [-0.1, -0.05) is 15.9 Å². The lowest BCUT2D eigenvalue weighted by Crippen LogP contribution is -2.21. The molecule has 4 heteroatoms. The number of fused-ring (bicyclic) bond motifs is 1. The fourth-order valence-corrected chi connectivity index (χ4v) is 1.97. The SMILES string of the molecule is CN1C(=O)Cc2c(Br)ccc(F)c21. The molecule has 0 aromatic heterocycles. The zero-order chi connectivity index (χ0) is 9.59. The predicted octanol–water partition coefficient (Wildman–Crippen LogP) is 2.11. The van der Waals surface area contributed by atoms with Crippen LogP contribution in [0.2, 0.25) is 0 Å². The molecule has 0 saturated heterocycles. The van der Waals surface area contributed by atoms with Crippen LogP contribution >= 0.6 is 15.9 Å². The zero-order valence-electron chi connectivity index (χ0n) is 6.97. The number of amides is 1. The molecular formula is C9H7BrFNO. The van der Waals surface area contributed by atoms with Crippen molar-refractivity contribution >= 4 is 27.5 Å². The van der Waals surface area contributed by atoms with E-state index in [0.717, 1.165) is 10.0 Å². The summed E-state index contributed by atoms with van der Waals surface area (Å²) in [5, 5.41) is 0. The van der Waals surface area contributed by atoms with Gasteiger partial charge in [0.15, 0.2) is 0 Å². The largest absolute Gasteiger partial charge is 0.312 e. The van der Waals surface area contributed by atoms with E-state index in [1.807, 2.05) is 0 Å². The first-order valence-electron chi connectivity index (χ1n) is 3.84. The van der Waals surface area contributed by atoms with Crippen LogP contribution in [0, 0.1) is 5.82 Å². The molecule has 0 spiro atoms. The molecule has 0 fully saturated rings. The van der Waals surface area contributed by atoms with Gasteiger partial charge in [-0.05, 0) is 12.1 Å². The molecule has 0 atom stereocenters. The predicted molar refractivity (Wildman–Crippen MR) is 51.2 cm³/mol. The van der Waals surface area contributed by atoms with Crippen LogP contribution < -0.4 is 4.90 Å². The van der Waals surface area contributed by atoms with Gasteiger partial charge in [0.25, 0.3) is 0 Å². The molecule has 1 heterocycles. The number of halogens is 2. The highest BCUT2D eigenvalue weighted by atomic mass is 79.9. The maximum absolute atomic E-state index is 13.3. The first kappa shape index (κ1) is 8.69. The first-order valence-corrected chi connectivity index (χ1v) is 4.64. The third-order valence-electron chi connectivity index (χ3n) is 2.21. The summed E-state index contributed by atoms with van der Waals surface area (Å²) in [6.07, 6.45) is 0.282. The van der Waals surface area contributed by atoms with E-state index in [-0.39, 0.29) is 18.1 Å². The number of nitrogens with zero attached hydrogens (tertiary/aromatic N) is 1. The maximum Gasteiger partial charge on any atom is 0.231 e. The minimum atomic E-state index is -0.341. The van der Waals surface area contributed by atoms with Crippen molar-refractivity contribution in [1.82, 2.24) is 0 Å². The lowest BCUT2D eigenvalue weighted by molar-refractivity contribution is -0.117. The molecule has 1 aliphatic heterocycles. The van der Waals surface area contributed by atoms with Crippen LogP contribution in [-0.4, -0.2) is 13.0 Å². The Morgan fingerprint density at radius 1 is 1.54 bits per heavy atom. The summed E-state index contributed by atoms with van der Waals surface area (Å²) in [4.78, 5) is 12.6. The number of rotatable bonds is 0. The Hall–Kier alpha value is -0.900. The quantitative estimate of drug-likeness (QED) is 0.684. The molecule has 0 saturated carbocycles. The van der Waals surface area contributed by atoms with Gasteiger partial charge in [0, 0.05) is 17.1 Å². The highest BCUT2D eigenvalue weighted by Crippen LogP contribution is 2.35. The van der Waals surface area contributed by atoms with E-state index < -0.39 is 0 Å². The topological polar surface area (TPSA) is 20.3 Å². The van der Waals surface area contributed by atoms with Gasteiger partial charge in [0.2, 0.25) is 5.91 Å². The van der Waals surface area contributed by atoms with E-state index in [4.69, 9.17) is 0 Å². The summed E-state index contributed by atoms with van der Waals surface area (Å²) in [5.74, 6) is -0.410. The van der Waals surface area contributed by atoms with Crippen molar-refractivity contribution in [1.29, 1.82) is 0 Å². The summed E-state index contributed by atoms with van der Waals surface area (Å²) in [7, 11) is 1.59. The Balaban J connectivity index is 2.68. The molecule has 13 heavy (non-hydrogen) atoms. The summed E-state index contributed by atoms with van der Waals surface area (Å²) in [5.41, 5.74) is 1.15. The lowest BCUT2D eigenvalue weighted by Gasteiger charge is -2.10. The van der Waals surface area contributed by atoms with Gasteiger partial charge < -0.3 is 4.90 Å². The van der Waals surface area contributed by atoms with Crippen molar-refractivity contribution in [3.63, 3.8) is 0 Å². The van der Waals surface area contributed by atoms with Crippen molar-refractivity contribution in [2.24, 2.45) is 0 Å². The molecule has 2 rings (SSSR count). The van der Waals surface area contributed by atoms with Gasteiger partial charge in [-0.2, -0.15) is 0 Å². The highest BCUT2D eigenvalue weighted by Gasteiger charge is 2.28. The Morgan fingerprint density at radius 3 is 2.85 bits per heavy atom. The smallest absolute Gasteiger partial charge is 0.231 e. The van der Waals surface area contributed by atoms with Crippen LogP contribution in [-0.2, 0) is 11.2 Å². The zero-order valence-corrected chi connectivity index (χ0v) is 8.56. The van der Waals surface area contributed by atoms with E-state index in [1.165, 1.54) is 11.0 Å². The van der Waals surface area contributed by atoms with Crippen LogP contribution in [0.25, 0.3) is 0 Å². The van der Waals surface area contributed by atoms with Crippen LogP contribution in [0.3, 0.4) is 0 Å². The van der Waals surface area contributed by atoms with Gasteiger partial charge in [-0.25, -0.2) is 4.39 Å². The van der Waals surface area contributed by atoms with Crippen molar-refractivity contribution < 1.29 is 9.18 Å². The fraction of sp³-hybridized carbons (Fsp3) is 0.222. The fourth-order valence-electron chi connectivity index (χ4n) is 1.51. The van der Waals surface area contributed by atoms with E-state index >= 15 is 0 Å². The van der Waals surface area contributed by atoms with Crippen molar-refractivity contribution in [2.45, 2.75) is 6.42 Å². The molecule has 1 aliphatic rings. The highest BCUT2D eigenvalue weighted by molar-refractivity contribution is 9.10. The molecule has 0 unspecified atom stereocenters. The molecule has 1 amide bonds. The van der Waals surface area contributed by atoms with E-state index in [2.05, 4.69) is 15.9 Å². The van der Waals surface area contributed by atoms with Gasteiger partial charge >= 0.3 is 0 Å². The van der Waals surface area contributed by atoms with Crippen molar-refractivity contribution in [3.8, 4) is 0 Å². The summed E-state index contributed by atoms with van der Waals surface area (Å²) >= 11 is 3.29. The number of anilines is 1. The molecule has 68 valence electrons. The van der Waals surface area contributed by atoms with Gasteiger partial charge in [0.05, 0.1) is 12.1 Å². The maximum atomic E-state index is 13.3. The first-order chi connectivity index (χ1) is 6.11. The molecule has 1 aromatic rings. The molecule has 2 nitrogen and oxygen atoms in total. The normalized spacial score (nSPS) is 15.0. The molecule has 1 aromatic carbocycles. The second-order valence-electron chi connectivity index (χ2n) is 2.99. The summed E-state index contributed by atoms with van der Waals surface area (Å²) in [6.45, 7) is 0. The van der Waals surface area contributed by atoms with Gasteiger partial charge in [-0.3, -0.25) is 4.79 Å². The molecular weight excluding hydrogens is 237 g/mol. The van der Waals surface area contributed by atoms with Crippen LogP contribution in [0.4, 0.5) is 10.1 Å². The standard InChI is InChI=1S/C9H7BrFNO/c1-12-8(13)4-5-6(10)2-3-7(11)9(5)12/h2-3H,4H2,1H3. The number of hydrogen-bond donors (Lipinski definition) is 0. The second-order valence-corrected chi connectivity index (χ2v) is 3.84. The van der Waals surface area contributed by atoms with E-state index in [1.54, 1.807) is 13.1 Å². The average molecular weight is 244 g/mol. The van der Waals surface area contributed by atoms with Crippen LogP contribution in [0.15, 0.2) is 16.6 Å². The Labute approximate surface area is 83.5 Å². The number of benzene rings is 1. The third kappa shape index (κ3) is 1.16. The molecule has 0 N–H and O–H groups in total. The average Bonchev–Trinajstić information content (AvgIpc) is 2.38. The van der Waals surface area contributed by atoms with Crippen LogP contribution in [0.1, 0.15) is 5.56 Å². The molecule has 0 aliphatic carbocycles. The number of carbonyl (C=O) groups is 1. The third-order valence-corrected chi connectivity index (χ3v) is 2.96. The van der Waals surface area contributed by atoms with E-state index in [0.29, 0.717) is 5.69 Å². The number of likely N-dealkylation sites (N-methyl/N-ethyl adjacent to an activating group) is 1. The molecule has 0 bridgehead atoms. The van der Waals surface area contributed by atoms with E-state index in [9.17, 15) is 9.18 Å². The number of hydrogen-bond acceptors (Lipinski definition) is 1. The van der Waals surface area contributed by atoms with Crippen molar-refractivity contribution in [3.05, 3.63) is 28.0 Å². The Bertz CT molecular complexity index is 391. The minimum Gasteiger partial charge on any atom is -0.312 e. The molecule has 0 radical (unpaired) electrons. The Kier molecular flexibility index (Phi) is 1.87. The summed E-state index contributed by atoms with van der Waals surface area (Å²) < 4.78 is 14.1. The van der Waals surface area contributed by atoms with Crippen LogP contribution in [0.5, 0.6) is 0 Å². The second kappa shape index (κ2) is 2.80. The summed E-state index contributed by atoms with van der Waals surface area (Å²) in [6, 6.07) is 2.98. The lowest BCUT2D eigenvalue weighted by atomic mass is 10.1. The van der Waals surface area contributed by atoms with Gasteiger partial charge in [0.1, 0.15) is 5.82 Å².